The number of carbonyl (C=O) groups excluding carboxylic acids is 1. The van der Waals surface area contributed by atoms with Crippen molar-refractivity contribution in [2.24, 2.45) is 0 Å². The van der Waals surface area contributed by atoms with Crippen molar-refractivity contribution in [3.05, 3.63) is 36.0 Å². The number of hydrogen-bond donors (Lipinski definition) is 0. The topological polar surface area (TPSA) is 59.2 Å². The number of aromatic nitrogens is 2. The second kappa shape index (κ2) is 5.40. The third-order valence-electron chi connectivity index (χ3n) is 3.50. The van der Waals surface area contributed by atoms with Gasteiger partial charge < -0.3 is 9.32 Å². The van der Waals surface area contributed by atoms with E-state index in [0.717, 1.165) is 25.8 Å². The van der Waals surface area contributed by atoms with Crippen LogP contribution in [-0.2, 0) is 4.79 Å². The molecule has 3 rings (SSSR count). The largest absolute Gasteiger partial charge is 0.420 e. The highest BCUT2D eigenvalue weighted by atomic mass is 19.1. The first-order valence-corrected chi connectivity index (χ1v) is 6.55. The van der Waals surface area contributed by atoms with Crippen LogP contribution in [0, 0.1) is 5.82 Å². The molecule has 0 bridgehead atoms. The van der Waals surface area contributed by atoms with Gasteiger partial charge in [-0.15, -0.1) is 10.2 Å². The Balaban J connectivity index is 1.83. The first-order chi connectivity index (χ1) is 9.78. The maximum Gasteiger partial charge on any atom is 0.250 e. The molecule has 0 radical (unpaired) electrons. The second-order valence-electron chi connectivity index (χ2n) is 4.86. The third-order valence-corrected chi connectivity index (χ3v) is 3.50. The molecule has 0 aliphatic carbocycles. The van der Waals surface area contributed by atoms with E-state index in [1.807, 2.05) is 0 Å². The van der Waals surface area contributed by atoms with Crippen LogP contribution < -0.4 is 0 Å². The molecule has 104 valence electrons. The molecular formula is C14H14FN3O2. The summed E-state index contributed by atoms with van der Waals surface area (Å²) < 4.78 is 19.2. The van der Waals surface area contributed by atoms with Crippen LogP contribution in [0.4, 0.5) is 4.39 Å². The Kier molecular flexibility index (Phi) is 3.45. The second-order valence-corrected chi connectivity index (χ2v) is 4.86. The lowest BCUT2D eigenvalue weighted by Crippen LogP contribution is -2.33. The molecule has 1 unspecified atom stereocenters. The zero-order chi connectivity index (χ0) is 13.9. The van der Waals surface area contributed by atoms with Crippen LogP contribution in [0.15, 0.2) is 28.7 Å². The van der Waals surface area contributed by atoms with E-state index in [-0.39, 0.29) is 17.6 Å². The Morgan fingerprint density at radius 3 is 3.00 bits per heavy atom. The molecule has 1 aliphatic heterocycles. The molecular weight excluding hydrogens is 261 g/mol. The molecule has 1 aromatic heterocycles. The van der Waals surface area contributed by atoms with E-state index < -0.39 is 0 Å². The van der Waals surface area contributed by atoms with Gasteiger partial charge in [0.1, 0.15) is 5.82 Å². The standard InChI is InChI=1S/C14H14FN3O2/c15-12-6-2-1-5-11(12)14-17-16-13(20-14)10-4-3-7-18(8-10)9-19/h1-2,5-6,9-10H,3-4,7-8H2. The molecule has 1 fully saturated rings. The van der Waals surface area contributed by atoms with Gasteiger partial charge in [-0.1, -0.05) is 12.1 Å². The summed E-state index contributed by atoms with van der Waals surface area (Å²) in [6.45, 7) is 1.33. The Hall–Kier alpha value is -2.24. The molecule has 1 aromatic carbocycles. The van der Waals surface area contributed by atoms with Gasteiger partial charge in [-0.25, -0.2) is 4.39 Å². The van der Waals surface area contributed by atoms with E-state index in [2.05, 4.69) is 10.2 Å². The average molecular weight is 275 g/mol. The van der Waals surface area contributed by atoms with Crippen LogP contribution >= 0.6 is 0 Å². The predicted octanol–water partition coefficient (Wildman–Crippen LogP) is 2.21. The molecule has 1 saturated heterocycles. The lowest BCUT2D eigenvalue weighted by Gasteiger charge is -2.27. The van der Waals surface area contributed by atoms with Gasteiger partial charge in [-0.3, -0.25) is 4.79 Å². The smallest absolute Gasteiger partial charge is 0.250 e. The number of hydrogen-bond acceptors (Lipinski definition) is 4. The zero-order valence-corrected chi connectivity index (χ0v) is 10.8. The minimum absolute atomic E-state index is 0.0296. The summed E-state index contributed by atoms with van der Waals surface area (Å²) in [5, 5.41) is 7.91. The predicted molar refractivity (Wildman–Crippen MR) is 69.3 cm³/mol. The number of nitrogens with zero attached hydrogens (tertiary/aromatic N) is 3. The van der Waals surface area contributed by atoms with Crippen molar-refractivity contribution in [1.82, 2.24) is 15.1 Å². The highest BCUT2D eigenvalue weighted by molar-refractivity contribution is 5.53. The van der Waals surface area contributed by atoms with E-state index in [4.69, 9.17) is 4.42 Å². The van der Waals surface area contributed by atoms with Crippen LogP contribution in [0.25, 0.3) is 11.5 Å². The maximum absolute atomic E-state index is 13.7. The fourth-order valence-electron chi connectivity index (χ4n) is 2.45. The van der Waals surface area contributed by atoms with Crippen LogP contribution in [0.2, 0.25) is 0 Å². The van der Waals surface area contributed by atoms with Crippen LogP contribution in [-0.4, -0.2) is 34.6 Å². The van der Waals surface area contributed by atoms with Crippen molar-refractivity contribution in [3.63, 3.8) is 0 Å². The highest BCUT2D eigenvalue weighted by Gasteiger charge is 2.25. The fourth-order valence-corrected chi connectivity index (χ4v) is 2.45. The van der Waals surface area contributed by atoms with Crippen molar-refractivity contribution >= 4 is 6.41 Å². The lowest BCUT2D eigenvalue weighted by atomic mass is 9.99. The van der Waals surface area contributed by atoms with Gasteiger partial charge in [0.2, 0.25) is 12.3 Å². The lowest BCUT2D eigenvalue weighted by molar-refractivity contribution is -0.119. The summed E-state index contributed by atoms with van der Waals surface area (Å²) in [5.74, 6) is 0.291. The molecule has 1 atom stereocenters. The molecule has 5 nitrogen and oxygen atoms in total. The van der Waals surface area contributed by atoms with Gasteiger partial charge in [0.15, 0.2) is 0 Å². The zero-order valence-electron chi connectivity index (χ0n) is 10.8. The van der Waals surface area contributed by atoms with Crippen molar-refractivity contribution in [3.8, 4) is 11.5 Å². The van der Waals surface area contributed by atoms with Crippen LogP contribution in [0.1, 0.15) is 24.7 Å². The summed E-state index contributed by atoms with van der Waals surface area (Å²) in [6, 6.07) is 6.29. The molecule has 2 heterocycles. The van der Waals surface area contributed by atoms with E-state index in [1.54, 1.807) is 23.1 Å². The van der Waals surface area contributed by atoms with Gasteiger partial charge in [-0.05, 0) is 25.0 Å². The van der Waals surface area contributed by atoms with Gasteiger partial charge in [0.25, 0.3) is 5.89 Å². The Morgan fingerprint density at radius 2 is 2.20 bits per heavy atom. The van der Waals surface area contributed by atoms with Crippen molar-refractivity contribution in [1.29, 1.82) is 0 Å². The van der Waals surface area contributed by atoms with Gasteiger partial charge in [0.05, 0.1) is 11.5 Å². The minimum atomic E-state index is -0.388. The summed E-state index contributed by atoms with van der Waals surface area (Å²) in [6.07, 6.45) is 2.63. The van der Waals surface area contributed by atoms with Crippen LogP contribution in [0.5, 0.6) is 0 Å². The molecule has 6 heteroatoms. The highest BCUT2D eigenvalue weighted by Crippen LogP contribution is 2.28. The normalized spacial score (nSPS) is 19.1. The number of amides is 1. The summed E-state index contributed by atoms with van der Waals surface area (Å²) >= 11 is 0. The van der Waals surface area contributed by atoms with Crippen LogP contribution in [0.3, 0.4) is 0 Å². The molecule has 0 saturated carbocycles. The molecule has 0 N–H and O–H groups in total. The molecule has 0 spiro atoms. The van der Waals surface area contributed by atoms with E-state index in [1.165, 1.54) is 6.07 Å². The first kappa shape index (κ1) is 12.8. The van der Waals surface area contributed by atoms with Gasteiger partial charge >= 0.3 is 0 Å². The fraction of sp³-hybridized carbons (Fsp3) is 0.357. The maximum atomic E-state index is 13.7. The van der Waals surface area contributed by atoms with Gasteiger partial charge in [-0.2, -0.15) is 0 Å². The minimum Gasteiger partial charge on any atom is -0.420 e. The Labute approximate surface area is 115 Å². The Bertz CT molecular complexity index is 614. The molecule has 20 heavy (non-hydrogen) atoms. The van der Waals surface area contributed by atoms with E-state index >= 15 is 0 Å². The molecule has 2 aromatic rings. The van der Waals surface area contributed by atoms with Crippen molar-refractivity contribution < 1.29 is 13.6 Å². The molecule has 1 amide bonds. The number of rotatable bonds is 3. The van der Waals surface area contributed by atoms with Gasteiger partial charge in [0, 0.05) is 13.1 Å². The van der Waals surface area contributed by atoms with E-state index in [9.17, 15) is 9.18 Å². The van der Waals surface area contributed by atoms with Crippen molar-refractivity contribution in [2.75, 3.05) is 13.1 Å². The average Bonchev–Trinajstić information content (AvgIpc) is 2.97. The number of benzene rings is 1. The number of halogens is 1. The first-order valence-electron chi connectivity index (χ1n) is 6.55. The van der Waals surface area contributed by atoms with Crippen molar-refractivity contribution in [2.45, 2.75) is 18.8 Å². The monoisotopic (exact) mass is 275 g/mol. The summed E-state index contributed by atoms with van der Waals surface area (Å²) in [5.41, 5.74) is 0.300. The quantitative estimate of drug-likeness (QED) is 0.806. The SMILES string of the molecule is O=CN1CCCC(c2nnc(-c3ccccc3F)o2)C1. The summed E-state index contributed by atoms with van der Waals surface area (Å²) in [4.78, 5) is 12.5. The number of carbonyl (C=O) groups is 1. The van der Waals surface area contributed by atoms with E-state index in [0.29, 0.717) is 18.0 Å². The summed E-state index contributed by atoms with van der Waals surface area (Å²) in [7, 11) is 0. The third kappa shape index (κ3) is 2.41. The number of piperidine rings is 1. The molecule has 1 aliphatic rings. The number of likely N-dealkylation sites (tertiary alicyclic amines) is 1. The Morgan fingerprint density at radius 1 is 1.35 bits per heavy atom.